The maximum atomic E-state index is 5.75. The Morgan fingerprint density at radius 1 is 1.29 bits per heavy atom. The van der Waals surface area contributed by atoms with E-state index < -0.39 is 0 Å². The molecule has 0 heterocycles. The van der Waals surface area contributed by atoms with Crippen LogP contribution >= 0.6 is 0 Å². The highest BCUT2D eigenvalue weighted by molar-refractivity contribution is 5.43. The standard InChI is InChI=1S/C18H29NO2/c1-13(2)21-16-7-6-14(10-17(16)20-5)12-19-15-8-9-18(3,4)11-15/h6-7,10,13,15,19H,8-9,11-12H2,1-5H3. The Morgan fingerprint density at radius 2 is 2.05 bits per heavy atom. The second-order valence-corrected chi connectivity index (χ2v) is 7.14. The summed E-state index contributed by atoms with van der Waals surface area (Å²) in [5, 5.41) is 3.67. The quantitative estimate of drug-likeness (QED) is 0.854. The molecule has 0 aliphatic heterocycles. The van der Waals surface area contributed by atoms with Crippen LogP contribution in [0.15, 0.2) is 18.2 Å². The van der Waals surface area contributed by atoms with Crippen molar-refractivity contribution in [3.8, 4) is 11.5 Å². The Hall–Kier alpha value is -1.22. The average Bonchev–Trinajstić information content (AvgIpc) is 2.76. The third-order valence-electron chi connectivity index (χ3n) is 4.15. The lowest BCUT2D eigenvalue weighted by atomic mass is 9.92. The Balaban J connectivity index is 1.95. The fourth-order valence-corrected chi connectivity index (χ4v) is 3.05. The second kappa shape index (κ2) is 6.69. The molecule has 1 atom stereocenters. The highest BCUT2D eigenvalue weighted by Crippen LogP contribution is 2.37. The van der Waals surface area contributed by atoms with Crippen molar-refractivity contribution in [2.24, 2.45) is 5.41 Å². The normalized spacial score (nSPS) is 20.8. The monoisotopic (exact) mass is 291 g/mol. The number of benzene rings is 1. The number of hydrogen-bond donors (Lipinski definition) is 1. The zero-order valence-corrected chi connectivity index (χ0v) is 14.0. The average molecular weight is 291 g/mol. The van der Waals surface area contributed by atoms with E-state index in [2.05, 4.69) is 31.3 Å². The van der Waals surface area contributed by atoms with Crippen LogP contribution in [0, 0.1) is 5.41 Å². The molecule has 0 amide bonds. The molecule has 118 valence electrons. The van der Waals surface area contributed by atoms with E-state index in [0.717, 1.165) is 18.0 Å². The van der Waals surface area contributed by atoms with E-state index in [4.69, 9.17) is 9.47 Å². The van der Waals surface area contributed by atoms with Gasteiger partial charge in [-0.2, -0.15) is 0 Å². The van der Waals surface area contributed by atoms with E-state index in [9.17, 15) is 0 Å². The fourth-order valence-electron chi connectivity index (χ4n) is 3.05. The molecule has 1 fully saturated rings. The maximum absolute atomic E-state index is 5.75. The first-order valence-electron chi connectivity index (χ1n) is 7.96. The SMILES string of the molecule is COc1cc(CNC2CCC(C)(C)C2)ccc1OC(C)C. The fraction of sp³-hybridized carbons (Fsp3) is 0.667. The number of ether oxygens (including phenoxy) is 2. The Bertz CT molecular complexity index is 468. The van der Waals surface area contributed by atoms with Crippen molar-refractivity contribution < 1.29 is 9.47 Å². The zero-order chi connectivity index (χ0) is 15.5. The molecule has 1 aliphatic rings. The van der Waals surface area contributed by atoms with Crippen LogP contribution in [-0.2, 0) is 6.54 Å². The van der Waals surface area contributed by atoms with E-state index in [-0.39, 0.29) is 6.10 Å². The summed E-state index contributed by atoms with van der Waals surface area (Å²) in [4.78, 5) is 0. The molecule has 1 aromatic rings. The highest BCUT2D eigenvalue weighted by Gasteiger charge is 2.30. The minimum absolute atomic E-state index is 0.156. The largest absolute Gasteiger partial charge is 0.493 e. The molecule has 2 rings (SSSR count). The van der Waals surface area contributed by atoms with Crippen LogP contribution in [-0.4, -0.2) is 19.3 Å². The third-order valence-corrected chi connectivity index (χ3v) is 4.15. The van der Waals surface area contributed by atoms with Crippen molar-refractivity contribution in [2.45, 2.75) is 65.6 Å². The van der Waals surface area contributed by atoms with Crippen molar-refractivity contribution in [1.82, 2.24) is 5.32 Å². The molecule has 0 saturated heterocycles. The number of methoxy groups -OCH3 is 1. The summed E-state index contributed by atoms with van der Waals surface area (Å²) >= 11 is 0. The zero-order valence-electron chi connectivity index (χ0n) is 14.0. The van der Waals surface area contributed by atoms with Gasteiger partial charge in [0.2, 0.25) is 0 Å². The van der Waals surface area contributed by atoms with Gasteiger partial charge in [0.1, 0.15) is 0 Å². The van der Waals surface area contributed by atoms with Gasteiger partial charge in [0.15, 0.2) is 11.5 Å². The lowest BCUT2D eigenvalue weighted by Crippen LogP contribution is -2.26. The van der Waals surface area contributed by atoms with Gasteiger partial charge in [-0.1, -0.05) is 19.9 Å². The van der Waals surface area contributed by atoms with Gasteiger partial charge in [-0.15, -0.1) is 0 Å². The smallest absolute Gasteiger partial charge is 0.161 e. The summed E-state index contributed by atoms with van der Waals surface area (Å²) in [6.45, 7) is 9.65. The molecule has 1 aromatic carbocycles. The predicted octanol–water partition coefficient (Wildman–Crippen LogP) is 4.15. The Kier molecular flexibility index (Phi) is 5.15. The molecule has 3 nitrogen and oxygen atoms in total. The first kappa shape index (κ1) is 16.2. The maximum Gasteiger partial charge on any atom is 0.161 e. The van der Waals surface area contributed by atoms with E-state index in [1.54, 1.807) is 7.11 Å². The van der Waals surface area contributed by atoms with Gasteiger partial charge in [-0.3, -0.25) is 0 Å². The molecule has 1 aliphatic carbocycles. The van der Waals surface area contributed by atoms with Crippen LogP contribution in [0.4, 0.5) is 0 Å². The van der Waals surface area contributed by atoms with Gasteiger partial charge in [0.05, 0.1) is 13.2 Å². The first-order valence-corrected chi connectivity index (χ1v) is 7.96. The molecular formula is C18H29NO2. The van der Waals surface area contributed by atoms with E-state index in [1.807, 2.05) is 19.9 Å². The van der Waals surface area contributed by atoms with Crippen molar-refractivity contribution in [1.29, 1.82) is 0 Å². The number of rotatable bonds is 6. The van der Waals surface area contributed by atoms with E-state index >= 15 is 0 Å². The topological polar surface area (TPSA) is 30.5 Å². The second-order valence-electron chi connectivity index (χ2n) is 7.14. The molecule has 3 heteroatoms. The van der Waals surface area contributed by atoms with Crippen LogP contribution < -0.4 is 14.8 Å². The van der Waals surface area contributed by atoms with Crippen molar-refractivity contribution in [3.05, 3.63) is 23.8 Å². The minimum atomic E-state index is 0.156. The molecular weight excluding hydrogens is 262 g/mol. The summed E-state index contributed by atoms with van der Waals surface area (Å²) in [5.74, 6) is 1.63. The van der Waals surface area contributed by atoms with Crippen molar-refractivity contribution in [3.63, 3.8) is 0 Å². The van der Waals surface area contributed by atoms with E-state index in [0.29, 0.717) is 11.5 Å². The van der Waals surface area contributed by atoms with Crippen LogP contribution in [0.5, 0.6) is 11.5 Å². The Morgan fingerprint density at radius 3 is 2.62 bits per heavy atom. The molecule has 1 unspecified atom stereocenters. The lowest BCUT2D eigenvalue weighted by Gasteiger charge is -2.18. The highest BCUT2D eigenvalue weighted by atomic mass is 16.5. The Labute approximate surface area is 129 Å². The van der Waals surface area contributed by atoms with Gasteiger partial charge >= 0.3 is 0 Å². The van der Waals surface area contributed by atoms with Gasteiger partial charge in [-0.05, 0) is 56.2 Å². The van der Waals surface area contributed by atoms with Gasteiger partial charge in [0.25, 0.3) is 0 Å². The van der Waals surface area contributed by atoms with Crippen LogP contribution in [0.3, 0.4) is 0 Å². The van der Waals surface area contributed by atoms with Crippen molar-refractivity contribution >= 4 is 0 Å². The molecule has 0 radical (unpaired) electrons. The van der Waals surface area contributed by atoms with Crippen LogP contribution in [0.25, 0.3) is 0 Å². The molecule has 1 N–H and O–H groups in total. The lowest BCUT2D eigenvalue weighted by molar-refractivity contribution is 0.230. The van der Waals surface area contributed by atoms with Gasteiger partial charge in [-0.25, -0.2) is 0 Å². The number of nitrogens with one attached hydrogen (secondary N) is 1. The molecule has 1 saturated carbocycles. The summed E-state index contributed by atoms with van der Waals surface area (Å²) in [7, 11) is 1.69. The van der Waals surface area contributed by atoms with E-state index in [1.165, 1.54) is 24.8 Å². The first-order chi connectivity index (χ1) is 9.89. The number of hydrogen-bond acceptors (Lipinski definition) is 3. The summed E-state index contributed by atoms with van der Waals surface area (Å²) in [6.07, 6.45) is 4.01. The van der Waals surface area contributed by atoms with Gasteiger partial charge < -0.3 is 14.8 Å². The van der Waals surface area contributed by atoms with Crippen LogP contribution in [0.2, 0.25) is 0 Å². The molecule has 21 heavy (non-hydrogen) atoms. The third kappa shape index (κ3) is 4.63. The summed E-state index contributed by atoms with van der Waals surface area (Å²) in [5.41, 5.74) is 1.73. The minimum Gasteiger partial charge on any atom is -0.493 e. The molecule has 0 aromatic heterocycles. The predicted molar refractivity (Wildman–Crippen MR) is 87.0 cm³/mol. The molecule has 0 bridgehead atoms. The summed E-state index contributed by atoms with van der Waals surface area (Å²) < 4.78 is 11.2. The molecule has 0 spiro atoms. The van der Waals surface area contributed by atoms with Crippen molar-refractivity contribution in [2.75, 3.05) is 7.11 Å². The van der Waals surface area contributed by atoms with Gasteiger partial charge in [0, 0.05) is 12.6 Å². The van der Waals surface area contributed by atoms with Crippen LogP contribution in [0.1, 0.15) is 52.5 Å². The summed E-state index contributed by atoms with van der Waals surface area (Å²) in [6, 6.07) is 6.84.